The number of halogens is 1. The second kappa shape index (κ2) is 6.74. The Balaban J connectivity index is 1.75. The lowest BCUT2D eigenvalue weighted by Gasteiger charge is -2.00. The SMILES string of the molecule is Cc1nc(NC(=O)CSCc2ccc(Cl)s2)sc1C. The molecular formula is C12H13ClN2OS3. The van der Waals surface area contributed by atoms with Gasteiger partial charge in [0.1, 0.15) is 0 Å². The monoisotopic (exact) mass is 332 g/mol. The number of aryl methyl sites for hydroxylation is 2. The number of carbonyl (C=O) groups is 1. The molecule has 0 fully saturated rings. The van der Waals surface area contributed by atoms with Crippen molar-refractivity contribution >= 4 is 57.1 Å². The number of hydrogen-bond acceptors (Lipinski definition) is 5. The molecule has 3 nitrogen and oxygen atoms in total. The van der Waals surface area contributed by atoms with Crippen LogP contribution >= 0.6 is 46.0 Å². The molecule has 0 saturated carbocycles. The van der Waals surface area contributed by atoms with Gasteiger partial charge in [0.25, 0.3) is 0 Å². The first-order valence-electron chi connectivity index (χ1n) is 5.60. The van der Waals surface area contributed by atoms with Crippen molar-refractivity contribution in [3.8, 4) is 0 Å². The fraction of sp³-hybridized carbons (Fsp3) is 0.333. The zero-order valence-corrected chi connectivity index (χ0v) is 13.7. The van der Waals surface area contributed by atoms with E-state index in [0.29, 0.717) is 10.9 Å². The molecule has 0 unspecified atom stereocenters. The number of anilines is 1. The van der Waals surface area contributed by atoms with E-state index in [-0.39, 0.29) is 5.91 Å². The lowest BCUT2D eigenvalue weighted by Crippen LogP contribution is -2.13. The van der Waals surface area contributed by atoms with Crippen LogP contribution in [0.3, 0.4) is 0 Å². The molecule has 102 valence electrons. The molecular weight excluding hydrogens is 320 g/mol. The Morgan fingerprint density at radius 3 is 2.79 bits per heavy atom. The molecule has 1 amide bonds. The molecule has 2 heterocycles. The fourth-order valence-corrected chi connectivity index (χ4v) is 4.21. The number of carbonyl (C=O) groups excluding carboxylic acids is 1. The summed E-state index contributed by atoms with van der Waals surface area (Å²) in [5.74, 6) is 1.22. The largest absolute Gasteiger partial charge is 0.301 e. The van der Waals surface area contributed by atoms with Gasteiger partial charge in [-0.25, -0.2) is 4.98 Å². The molecule has 0 aliphatic rings. The summed E-state index contributed by atoms with van der Waals surface area (Å²) in [6, 6.07) is 3.87. The molecule has 2 rings (SSSR count). The number of hydrogen-bond donors (Lipinski definition) is 1. The van der Waals surface area contributed by atoms with Crippen LogP contribution in [0.2, 0.25) is 4.34 Å². The van der Waals surface area contributed by atoms with Crippen LogP contribution in [-0.2, 0) is 10.5 Å². The Morgan fingerprint density at radius 2 is 2.21 bits per heavy atom. The topological polar surface area (TPSA) is 42.0 Å². The predicted molar refractivity (Wildman–Crippen MR) is 85.7 cm³/mol. The summed E-state index contributed by atoms with van der Waals surface area (Å²) in [5.41, 5.74) is 0.973. The number of rotatable bonds is 5. The van der Waals surface area contributed by atoms with E-state index >= 15 is 0 Å². The third kappa shape index (κ3) is 4.49. The van der Waals surface area contributed by atoms with E-state index in [1.165, 1.54) is 16.2 Å². The molecule has 7 heteroatoms. The van der Waals surface area contributed by atoms with E-state index in [9.17, 15) is 4.79 Å². The Hall–Kier alpha value is -0.560. The van der Waals surface area contributed by atoms with Gasteiger partial charge in [0, 0.05) is 15.5 Å². The second-order valence-corrected chi connectivity index (χ2v) is 7.90. The van der Waals surface area contributed by atoms with E-state index in [2.05, 4.69) is 10.3 Å². The summed E-state index contributed by atoms with van der Waals surface area (Å²) in [6.45, 7) is 3.94. The summed E-state index contributed by atoms with van der Waals surface area (Å²) < 4.78 is 0.786. The third-order valence-electron chi connectivity index (χ3n) is 2.38. The van der Waals surface area contributed by atoms with Gasteiger partial charge >= 0.3 is 0 Å². The van der Waals surface area contributed by atoms with Crippen molar-refractivity contribution in [3.05, 3.63) is 31.9 Å². The van der Waals surface area contributed by atoms with Crippen LogP contribution in [0.1, 0.15) is 15.4 Å². The molecule has 0 spiro atoms. The van der Waals surface area contributed by atoms with Crippen LogP contribution < -0.4 is 5.32 Å². The highest BCUT2D eigenvalue weighted by Gasteiger charge is 2.08. The van der Waals surface area contributed by atoms with Gasteiger partial charge in [-0.15, -0.1) is 34.4 Å². The number of aromatic nitrogens is 1. The van der Waals surface area contributed by atoms with Crippen molar-refractivity contribution in [3.63, 3.8) is 0 Å². The zero-order valence-electron chi connectivity index (χ0n) is 10.5. The Bertz CT molecular complexity index is 560. The minimum Gasteiger partial charge on any atom is -0.301 e. The summed E-state index contributed by atoms with van der Waals surface area (Å²) in [7, 11) is 0. The lowest BCUT2D eigenvalue weighted by atomic mass is 10.4. The van der Waals surface area contributed by atoms with Crippen LogP contribution in [0.25, 0.3) is 0 Å². The van der Waals surface area contributed by atoms with Crippen LogP contribution in [-0.4, -0.2) is 16.6 Å². The molecule has 0 aromatic carbocycles. The highest BCUT2D eigenvalue weighted by atomic mass is 35.5. The highest BCUT2D eigenvalue weighted by Crippen LogP contribution is 2.25. The van der Waals surface area contributed by atoms with Crippen molar-refractivity contribution in [2.75, 3.05) is 11.1 Å². The van der Waals surface area contributed by atoms with Crippen LogP contribution in [0.15, 0.2) is 12.1 Å². The average molecular weight is 333 g/mol. The maximum Gasteiger partial charge on any atom is 0.236 e. The van der Waals surface area contributed by atoms with Gasteiger partial charge in [0.2, 0.25) is 5.91 Å². The van der Waals surface area contributed by atoms with Crippen molar-refractivity contribution in [2.45, 2.75) is 19.6 Å². The van der Waals surface area contributed by atoms with Gasteiger partial charge in [-0.1, -0.05) is 11.6 Å². The fourth-order valence-electron chi connectivity index (χ4n) is 1.36. The first kappa shape index (κ1) is 14.8. The summed E-state index contributed by atoms with van der Waals surface area (Å²) >= 11 is 10.5. The first-order chi connectivity index (χ1) is 9.04. The van der Waals surface area contributed by atoms with E-state index in [1.54, 1.807) is 23.1 Å². The molecule has 0 aliphatic carbocycles. The molecule has 0 bridgehead atoms. The van der Waals surface area contributed by atoms with Crippen molar-refractivity contribution in [1.82, 2.24) is 4.98 Å². The summed E-state index contributed by atoms with van der Waals surface area (Å²) in [5, 5.41) is 3.50. The number of thioether (sulfide) groups is 1. The minimum atomic E-state index is -0.0126. The van der Waals surface area contributed by atoms with Crippen LogP contribution in [0.5, 0.6) is 0 Å². The second-order valence-electron chi connectivity index (χ2n) is 3.91. The predicted octanol–water partition coefficient (Wildman–Crippen LogP) is 4.35. The third-order valence-corrected chi connectivity index (χ3v) is 5.76. The van der Waals surface area contributed by atoms with E-state index in [0.717, 1.165) is 20.7 Å². The smallest absolute Gasteiger partial charge is 0.236 e. The highest BCUT2D eigenvalue weighted by molar-refractivity contribution is 7.99. The number of amides is 1. The molecule has 19 heavy (non-hydrogen) atoms. The standard InChI is InChI=1S/C12H13ClN2OS3/c1-7-8(2)18-12(14-7)15-11(16)6-17-5-9-3-4-10(13)19-9/h3-4H,5-6H2,1-2H3,(H,14,15,16). The number of nitrogens with zero attached hydrogens (tertiary/aromatic N) is 1. The molecule has 1 N–H and O–H groups in total. The summed E-state index contributed by atoms with van der Waals surface area (Å²) in [4.78, 5) is 18.3. The van der Waals surface area contributed by atoms with E-state index in [1.807, 2.05) is 26.0 Å². The zero-order chi connectivity index (χ0) is 13.8. The average Bonchev–Trinajstić information content (AvgIpc) is 2.86. The van der Waals surface area contributed by atoms with Crippen molar-refractivity contribution in [2.24, 2.45) is 0 Å². The number of thiophene rings is 1. The maximum absolute atomic E-state index is 11.7. The Kier molecular flexibility index (Phi) is 5.27. The number of thiazole rings is 1. The van der Waals surface area contributed by atoms with E-state index in [4.69, 9.17) is 11.6 Å². The first-order valence-corrected chi connectivity index (χ1v) is 8.77. The van der Waals surface area contributed by atoms with Crippen LogP contribution in [0.4, 0.5) is 5.13 Å². The quantitative estimate of drug-likeness (QED) is 0.885. The molecule has 2 aromatic heterocycles. The van der Waals surface area contributed by atoms with Gasteiger partial charge in [-0.05, 0) is 26.0 Å². The van der Waals surface area contributed by atoms with Gasteiger partial charge in [-0.2, -0.15) is 0 Å². The minimum absolute atomic E-state index is 0.0126. The Morgan fingerprint density at radius 1 is 1.42 bits per heavy atom. The number of nitrogens with one attached hydrogen (secondary N) is 1. The molecule has 0 aliphatic heterocycles. The van der Waals surface area contributed by atoms with Crippen LogP contribution in [0, 0.1) is 13.8 Å². The van der Waals surface area contributed by atoms with E-state index < -0.39 is 0 Å². The molecule has 0 saturated heterocycles. The molecule has 0 radical (unpaired) electrons. The van der Waals surface area contributed by atoms with Gasteiger partial charge in [0.15, 0.2) is 5.13 Å². The molecule has 2 aromatic rings. The van der Waals surface area contributed by atoms with Crippen molar-refractivity contribution < 1.29 is 4.79 Å². The molecule has 0 atom stereocenters. The maximum atomic E-state index is 11.7. The lowest BCUT2D eigenvalue weighted by molar-refractivity contribution is -0.113. The van der Waals surface area contributed by atoms with Crippen molar-refractivity contribution in [1.29, 1.82) is 0 Å². The van der Waals surface area contributed by atoms with Gasteiger partial charge < -0.3 is 5.32 Å². The normalized spacial score (nSPS) is 10.7. The van der Waals surface area contributed by atoms with Gasteiger partial charge in [0.05, 0.1) is 15.8 Å². The Labute approximate surface area is 129 Å². The summed E-state index contributed by atoms with van der Waals surface area (Å²) in [6.07, 6.45) is 0. The van der Waals surface area contributed by atoms with Gasteiger partial charge in [-0.3, -0.25) is 4.79 Å².